The highest BCUT2D eigenvalue weighted by Crippen LogP contribution is 2.41. The largest absolute Gasteiger partial charge is 0.314 e. The number of aromatic nitrogens is 3. The van der Waals surface area contributed by atoms with Crippen molar-refractivity contribution < 1.29 is 0 Å². The fourth-order valence-electron chi connectivity index (χ4n) is 2.61. The van der Waals surface area contributed by atoms with E-state index in [1.807, 2.05) is 0 Å². The monoisotopic (exact) mass is 275 g/mol. The normalized spacial score (nSPS) is 15.9. The maximum Gasteiger partial charge on any atom is 0.143 e. The van der Waals surface area contributed by atoms with E-state index in [9.17, 15) is 0 Å². The van der Waals surface area contributed by atoms with E-state index in [1.54, 1.807) is 11.3 Å². The Labute approximate surface area is 118 Å². The smallest absolute Gasteiger partial charge is 0.143 e. The first-order chi connectivity index (χ1) is 9.14. The van der Waals surface area contributed by atoms with Crippen LogP contribution in [0.15, 0.2) is 16.8 Å². The highest BCUT2D eigenvalue weighted by molar-refractivity contribution is 7.08. The number of thiophene rings is 1. The third-order valence-electron chi connectivity index (χ3n) is 3.97. The van der Waals surface area contributed by atoms with Crippen LogP contribution < -0.4 is 0 Å². The number of nitrogens with zero attached hydrogens (tertiary/aromatic N) is 3. The Morgan fingerprint density at radius 2 is 2.16 bits per heavy atom. The Balaban J connectivity index is 2.04. The zero-order chi connectivity index (χ0) is 13.5. The van der Waals surface area contributed by atoms with Crippen molar-refractivity contribution in [2.75, 3.05) is 0 Å². The van der Waals surface area contributed by atoms with Crippen LogP contribution in [0, 0.1) is 0 Å². The summed E-state index contributed by atoms with van der Waals surface area (Å²) in [5, 5.41) is 13.4. The fraction of sp³-hybridized carbons (Fsp3) is 0.600. The molecule has 3 nitrogen and oxygen atoms in total. The lowest BCUT2D eigenvalue weighted by Crippen LogP contribution is -2.24. The van der Waals surface area contributed by atoms with Crippen LogP contribution in [0.2, 0.25) is 0 Å². The average molecular weight is 275 g/mol. The van der Waals surface area contributed by atoms with Crippen LogP contribution in [0.3, 0.4) is 0 Å². The molecule has 0 bridgehead atoms. The van der Waals surface area contributed by atoms with Crippen molar-refractivity contribution in [2.45, 2.75) is 57.9 Å². The summed E-state index contributed by atoms with van der Waals surface area (Å²) >= 11 is 1.75. The van der Waals surface area contributed by atoms with Crippen LogP contribution >= 0.6 is 11.3 Å². The summed E-state index contributed by atoms with van der Waals surface area (Å²) in [6.45, 7) is 7.75. The summed E-state index contributed by atoms with van der Waals surface area (Å²) in [7, 11) is 0. The highest BCUT2D eigenvalue weighted by Gasteiger charge is 2.35. The van der Waals surface area contributed by atoms with Crippen LogP contribution in [-0.2, 0) is 12.0 Å². The first-order valence-electron chi connectivity index (χ1n) is 7.11. The molecule has 0 amide bonds. The molecular weight excluding hydrogens is 254 g/mol. The van der Waals surface area contributed by atoms with Gasteiger partial charge in [0.1, 0.15) is 11.6 Å². The Kier molecular flexibility index (Phi) is 3.21. The van der Waals surface area contributed by atoms with Crippen molar-refractivity contribution in [3.8, 4) is 0 Å². The molecule has 3 rings (SSSR count). The maximum atomic E-state index is 4.54. The van der Waals surface area contributed by atoms with Crippen LogP contribution in [0.5, 0.6) is 0 Å². The molecule has 102 valence electrons. The van der Waals surface area contributed by atoms with Crippen molar-refractivity contribution in [1.29, 1.82) is 0 Å². The molecule has 0 aliphatic heterocycles. The maximum absolute atomic E-state index is 4.54. The molecule has 0 radical (unpaired) electrons. The van der Waals surface area contributed by atoms with Gasteiger partial charge in [-0.2, -0.15) is 11.3 Å². The van der Waals surface area contributed by atoms with E-state index < -0.39 is 0 Å². The minimum atomic E-state index is -0.0602. The van der Waals surface area contributed by atoms with Gasteiger partial charge in [-0.1, -0.05) is 6.92 Å². The molecule has 2 aromatic rings. The average Bonchev–Trinajstić information content (AvgIpc) is 2.93. The van der Waals surface area contributed by atoms with E-state index in [4.69, 9.17) is 0 Å². The van der Waals surface area contributed by atoms with Gasteiger partial charge in [-0.05, 0) is 55.5 Å². The lowest BCUT2D eigenvalue weighted by Gasteiger charge is -2.24. The Morgan fingerprint density at radius 1 is 1.37 bits per heavy atom. The van der Waals surface area contributed by atoms with Crippen LogP contribution in [-0.4, -0.2) is 14.8 Å². The minimum Gasteiger partial charge on any atom is -0.314 e. The van der Waals surface area contributed by atoms with Crippen molar-refractivity contribution >= 4 is 11.3 Å². The van der Waals surface area contributed by atoms with Gasteiger partial charge in [0.2, 0.25) is 0 Å². The van der Waals surface area contributed by atoms with E-state index in [1.165, 1.54) is 24.2 Å². The molecule has 0 atom stereocenters. The quantitative estimate of drug-likeness (QED) is 0.827. The van der Waals surface area contributed by atoms with E-state index in [0.29, 0.717) is 5.92 Å². The predicted molar refractivity (Wildman–Crippen MR) is 78.7 cm³/mol. The first-order valence-corrected chi connectivity index (χ1v) is 8.05. The number of hydrogen-bond donors (Lipinski definition) is 0. The predicted octanol–water partition coefficient (Wildman–Crippen LogP) is 3.95. The molecule has 0 aromatic carbocycles. The van der Waals surface area contributed by atoms with E-state index in [2.05, 4.69) is 52.4 Å². The zero-order valence-corrected chi connectivity index (χ0v) is 12.7. The molecule has 2 heterocycles. The molecule has 1 aliphatic carbocycles. The lowest BCUT2D eigenvalue weighted by atomic mass is 9.85. The Hall–Kier alpha value is -1.16. The Bertz CT molecular complexity index is 550. The van der Waals surface area contributed by atoms with E-state index in [0.717, 1.165) is 18.8 Å². The standard InChI is InChI=1S/C15H21N3S/c1-4-8-18-13(11-5-6-11)16-17-14(18)15(2,3)12-7-9-19-10-12/h7,9-11H,4-6,8H2,1-3H3. The fourth-order valence-corrected chi connectivity index (χ4v) is 3.44. The van der Waals surface area contributed by atoms with Crippen LogP contribution in [0.4, 0.5) is 0 Å². The summed E-state index contributed by atoms with van der Waals surface area (Å²) in [6, 6.07) is 2.20. The molecule has 4 heteroatoms. The van der Waals surface area contributed by atoms with Crippen LogP contribution in [0.1, 0.15) is 63.2 Å². The molecule has 0 saturated heterocycles. The molecule has 0 N–H and O–H groups in total. The molecule has 0 spiro atoms. The minimum absolute atomic E-state index is 0.0602. The topological polar surface area (TPSA) is 30.7 Å². The van der Waals surface area contributed by atoms with Crippen molar-refractivity contribution in [3.63, 3.8) is 0 Å². The van der Waals surface area contributed by atoms with Gasteiger partial charge in [0.05, 0.1) is 5.41 Å². The van der Waals surface area contributed by atoms with Gasteiger partial charge in [-0.15, -0.1) is 10.2 Å². The molecule has 2 aromatic heterocycles. The second-order valence-corrected chi connectivity index (χ2v) is 6.72. The summed E-state index contributed by atoms with van der Waals surface area (Å²) in [5.74, 6) is 2.99. The van der Waals surface area contributed by atoms with Crippen molar-refractivity contribution in [1.82, 2.24) is 14.8 Å². The van der Waals surface area contributed by atoms with Crippen molar-refractivity contribution in [2.24, 2.45) is 0 Å². The summed E-state index contributed by atoms with van der Waals surface area (Å²) in [5.41, 5.74) is 1.28. The molecule has 0 unspecified atom stereocenters. The van der Waals surface area contributed by atoms with E-state index in [-0.39, 0.29) is 5.41 Å². The third-order valence-corrected chi connectivity index (χ3v) is 4.65. The zero-order valence-electron chi connectivity index (χ0n) is 11.9. The third kappa shape index (κ3) is 2.22. The second-order valence-electron chi connectivity index (χ2n) is 5.94. The molecule has 19 heavy (non-hydrogen) atoms. The van der Waals surface area contributed by atoms with Crippen molar-refractivity contribution in [3.05, 3.63) is 34.0 Å². The number of hydrogen-bond acceptors (Lipinski definition) is 3. The van der Waals surface area contributed by atoms with Crippen LogP contribution in [0.25, 0.3) is 0 Å². The highest BCUT2D eigenvalue weighted by atomic mass is 32.1. The second kappa shape index (κ2) is 4.75. The van der Waals surface area contributed by atoms with Gasteiger partial charge in [-0.25, -0.2) is 0 Å². The Morgan fingerprint density at radius 3 is 2.74 bits per heavy atom. The van der Waals surface area contributed by atoms with Gasteiger partial charge in [-0.3, -0.25) is 0 Å². The summed E-state index contributed by atoms with van der Waals surface area (Å²) in [6.07, 6.45) is 3.69. The molecular formula is C15H21N3S. The molecule has 1 aliphatic rings. The SMILES string of the molecule is CCCn1c(C2CC2)nnc1C(C)(C)c1ccsc1. The van der Waals surface area contributed by atoms with Gasteiger partial charge in [0.15, 0.2) is 0 Å². The molecule has 1 saturated carbocycles. The molecule has 1 fully saturated rings. The van der Waals surface area contributed by atoms with Gasteiger partial charge in [0.25, 0.3) is 0 Å². The summed E-state index contributed by atoms with van der Waals surface area (Å²) in [4.78, 5) is 0. The van der Waals surface area contributed by atoms with Gasteiger partial charge >= 0.3 is 0 Å². The lowest BCUT2D eigenvalue weighted by molar-refractivity contribution is 0.517. The first kappa shape index (κ1) is 12.9. The van der Waals surface area contributed by atoms with Gasteiger partial charge in [0, 0.05) is 12.5 Å². The summed E-state index contributed by atoms with van der Waals surface area (Å²) < 4.78 is 2.37. The van der Waals surface area contributed by atoms with Gasteiger partial charge < -0.3 is 4.57 Å². The number of rotatable bonds is 5. The van der Waals surface area contributed by atoms with E-state index >= 15 is 0 Å².